The van der Waals surface area contributed by atoms with Crippen LogP contribution >= 0.6 is 0 Å². The van der Waals surface area contributed by atoms with Crippen LogP contribution in [0.15, 0.2) is 18.2 Å². The first kappa shape index (κ1) is 9.29. The molecule has 0 spiro atoms. The summed E-state index contributed by atoms with van der Waals surface area (Å²) in [4.78, 5) is 0. The van der Waals surface area contributed by atoms with Crippen molar-refractivity contribution in [2.75, 3.05) is 6.61 Å². The molecule has 0 bridgehead atoms. The number of hydrogen-bond acceptors (Lipinski definition) is 2. The Bertz CT molecular complexity index is 273. The van der Waals surface area contributed by atoms with E-state index in [1.807, 2.05) is 33.0 Å². The number of aryl methyl sites for hydroxylation is 1. The smallest absolute Gasteiger partial charge is 0.139 e. The van der Waals surface area contributed by atoms with Crippen molar-refractivity contribution in [3.05, 3.63) is 29.3 Å². The minimum Gasteiger partial charge on any atom is -0.393 e. The van der Waals surface area contributed by atoms with Crippen LogP contribution < -0.4 is 5.46 Å². The average molecular weight is 164 g/mol. The van der Waals surface area contributed by atoms with Crippen molar-refractivity contribution in [1.29, 1.82) is 0 Å². The molecule has 1 aromatic rings. The molecule has 0 amide bonds. The summed E-state index contributed by atoms with van der Waals surface area (Å²) in [6, 6.07) is 5.78. The second-order valence-corrected chi connectivity index (χ2v) is 3.06. The van der Waals surface area contributed by atoms with Crippen molar-refractivity contribution in [3.8, 4) is 0 Å². The van der Waals surface area contributed by atoms with Gasteiger partial charge in [0.05, 0.1) is 6.61 Å². The summed E-state index contributed by atoms with van der Waals surface area (Å²) in [5.74, 6) is 0. The third kappa shape index (κ3) is 1.87. The SMILES string of the molecule is Bc1ccc([C@@H](O)CO)c(C)c1. The maximum atomic E-state index is 9.35. The van der Waals surface area contributed by atoms with Crippen molar-refractivity contribution in [2.45, 2.75) is 13.0 Å². The highest BCUT2D eigenvalue weighted by Crippen LogP contribution is 2.14. The lowest BCUT2D eigenvalue weighted by Crippen LogP contribution is -2.09. The fourth-order valence-corrected chi connectivity index (χ4v) is 1.30. The van der Waals surface area contributed by atoms with E-state index in [0.717, 1.165) is 11.1 Å². The molecule has 0 aliphatic carbocycles. The number of hydrogen-bond donors (Lipinski definition) is 2. The summed E-state index contributed by atoms with van der Waals surface area (Å²) in [6.07, 6.45) is -0.745. The molecule has 12 heavy (non-hydrogen) atoms. The summed E-state index contributed by atoms with van der Waals surface area (Å²) < 4.78 is 0. The average Bonchev–Trinajstić information content (AvgIpc) is 2.03. The molecule has 1 rings (SSSR count). The molecule has 0 fully saturated rings. The maximum Gasteiger partial charge on any atom is 0.139 e. The Morgan fingerprint density at radius 2 is 2.17 bits per heavy atom. The highest BCUT2D eigenvalue weighted by Gasteiger charge is 2.07. The molecule has 3 heteroatoms. The molecule has 0 aliphatic heterocycles. The van der Waals surface area contributed by atoms with Gasteiger partial charge in [-0.05, 0) is 18.1 Å². The molecule has 0 aliphatic rings. The van der Waals surface area contributed by atoms with E-state index in [4.69, 9.17) is 5.11 Å². The van der Waals surface area contributed by atoms with E-state index in [2.05, 4.69) is 0 Å². The monoisotopic (exact) mass is 164 g/mol. The van der Waals surface area contributed by atoms with Gasteiger partial charge in [-0.3, -0.25) is 0 Å². The van der Waals surface area contributed by atoms with Crippen LogP contribution in [0.4, 0.5) is 0 Å². The lowest BCUT2D eigenvalue weighted by atomic mass is 9.91. The third-order valence-corrected chi connectivity index (χ3v) is 1.96. The number of benzene rings is 1. The van der Waals surface area contributed by atoms with E-state index < -0.39 is 6.10 Å². The number of rotatable bonds is 2. The standard InChI is InChI=1S/C9H13BO2/c1-6-4-7(10)2-3-8(6)9(12)5-11/h2-4,9,11-12H,5,10H2,1H3/t9-/m0/s1. The zero-order chi connectivity index (χ0) is 9.14. The molecule has 0 aromatic heterocycles. The van der Waals surface area contributed by atoms with Crippen LogP contribution in [0.25, 0.3) is 0 Å². The van der Waals surface area contributed by atoms with Gasteiger partial charge >= 0.3 is 0 Å². The van der Waals surface area contributed by atoms with Gasteiger partial charge in [0, 0.05) is 0 Å². The van der Waals surface area contributed by atoms with Crippen LogP contribution in [0.1, 0.15) is 17.2 Å². The lowest BCUT2D eigenvalue weighted by molar-refractivity contribution is 0.0951. The first-order valence-electron chi connectivity index (χ1n) is 4.01. The molecule has 64 valence electrons. The second kappa shape index (κ2) is 3.74. The van der Waals surface area contributed by atoms with Gasteiger partial charge in [0.15, 0.2) is 0 Å². The van der Waals surface area contributed by atoms with Gasteiger partial charge in [-0.2, -0.15) is 0 Å². The molecule has 0 unspecified atom stereocenters. The molecule has 0 heterocycles. The zero-order valence-electron chi connectivity index (χ0n) is 7.41. The summed E-state index contributed by atoms with van der Waals surface area (Å²) in [5, 5.41) is 18.1. The quantitative estimate of drug-likeness (QED) is 0.566. The zero-order valence-corrected chi connectivity index (χ0v) is 7.41. The largest absolute Gasteiger partial charge is 0.393 e. The van der Waals surface area contributed by atoms with Crippen LogP contribution in [0.2, 0.25) is 0 Å². The lowest BCUT2D eigenvalue weighted by Gasteiger charge is -2.11. The summed E-state index contributed by atoms with van der Waals surface area (Å²) in [7, 11) is 2.00. The minimum atomic E-state index is -0.745. The Morgan fingerprint density at radius 3 is 2.67 bits per heavy atom. The Balaban J connectivity index is 3.01. The van der Waals surface area contributed by atoms with Gasteiger partial charge < -0.3 is 10.2 Å². The highest BCUT2D eigenvalue weighted by atomic mass is 16.3. The first-order chi connectivity index (χ1) is 5.65. The first-order valence-corrected chi connectivity index (χ1v) is 4.01. The molecule has 1 atom stereocenters. The predicted octanol–water partition coefficient (Wildman–Crippen LogP) is -0.721. The normalized spacial score (nSPS) is 12.9. The summed E-state index contributed by atoms with van der Waals surface area (Å²) in [6.45, 7) is 1.71. The number of aliphatic hydroxyl groups is 2. The second-order valence-electron chi connectivity index (χ2n) is 3.06. The van der Waals surface area contributed by atoms with E-state index >= 15 is 0 Å². The Hall–Kier alpha value is -0.795. The van der Waals surface area contributed by atoms with Crippen LogP contribution in [0.5, 0.6) is 0 Å². The predicted molar refractivity (Wildman–Crippen MR) is 51.4 cm³/mol. The maximum absolute atomic E-state index is 9.35. The molecule has 0 saturated carbocycles. The van der Waals surface area contributed by atoms with Crippen LogP contribution in [0.3, 0.4) is 0 Å². The van der Waals surface area contributed by atoms with Crippen molar-refractivity contribution in [3.63, 3.8) is 0 Å². The van der Waals surface area contributed by atoms with Crippen molar-refractivity contribution >= 4 is 13.3 Å². The fourth-order valence-electron chi connectivity index (χ4n) is 1.30. The molecule has 0 saturated heterocycles. The van der Waals surface area contributed by atoms with Crippen LogP contribution in [0, 0.1) is 6.92 Å². The fraction of sp³-hybridized carbons (Fsp3) is 0.333. The topological polar surface area (TPSA) is 40.5 Å². The van der Waals surface area contributed by atoms with Gasteiger partial charge in [-0.25, -0.2) is 0 Å². The van der Waals surface area contributed by atoms with Gasteiger partial charge in [0.25, 0.3) is 0 Å². The Kier molecular flexibility index (Phi) is 2.90. The van der Waals surface area contributed by atoms with E-state index in [9.17, 15) is 5.11 Å². The van der Waals surface area contributed by atoms with Crippen molar-refractivity contribution in [1.82, 2.24) is 0 Å². The number of aliphatic hydroxyl groups excluding tert-OH is 2. The van der Waals surface area contributed by atoms with Gasteiger partial charge in [-0.1, -0.05) is 23.7 Å². The van der Waals surface area contributed by atoms with Crippen LogP contribution in [-0.4, -0.2) is 24.7 Å². The van der Waals surface area contributed by atoms with Crippen molar-refractivity contribution < 1.29 is 10.2 Å². The summed E-state index contributed by atoms with van der Waals surface area (Å²) >= 11 is 0. The van der Waals surface area contributed by atoms with Gasteiger partial charge in [0.1, 0.15) is 14.0 Å². The van der Waals surface area contributed by atoms with E-state index in [-0.39, 0.29) is 6.61 Å². The van der Waals surface area contributed by atoms with E-state index in [1.165, 1.54) is 5.46 Å². The van der Waals surface area contributed by atoms with Crippen LogP contribution in [-0.2, 0) is 0 Å². The molecular formula is C9H13BO2. The van der Waals surface area contributed by atoms with Gasteiger partial charge in [0.2, 0.25) is 0 Å². The highest BCUT2D eigenvalue weighted by molar-refractivity contribution is 6.32. The minimum absolute atomic E-state index is 0.218. The molecular weight excluding hydrogens is 151 g/mol. The third-order valence-electron chi connectivity index (χ3n) is 1.96. The Labute approximate surface area is 73.3 Å². The molecule has 2 nitrogen and oxygen atoms in total. The molecule has 1 aromatic carbocycles. The van der Waals surface area contributed by atoms with Gasteiger partial charge in [-0.15, -0.1) is 0 Å². The van der Waals surface area contributed by atoms with E-state index in [0.29, 0.717) is 0 Å². The van der Waals surface area contributed by atoms with E-state index in [1.54, 1.807) is 0 Å². The molecule has 0 radical (unpaired) electrons. The summed E-state index contributed by atoms with van der Waals surface area (Å²) in [5.41, 5.74) is 3.00. The molecule has 2 N–H and O–H groups in total. The van der Waals surface area contributed by atoms with Crippen molar-refractivity contribution in [2.24, 2.45) is 0 Å². The Morgan fingerprint density at radius 1 is 1.50 bits per heavy atom.